The Morgan fingerprint density at radius 1 is 1.39 bits per heavy atom. The molecule has 1 unspecified atom stereocenters. The fraction of sp³-hybridized carbons (Fsp3) is 0.692. The molecule has 1 atom stereocenters. The molecule has 1 heterocycles. The van der Waals surface area contributed by atoms with Gasteiger partial charge < -0.3 is 9.67 Å². The van der Waals surface area contributed by atoms with Crippen molar-refractivity contribution in [1.29, 1.82) is 0 Å². The van der Waals surface area contributed by atoms with Gasteiger partial charge in [0, 0.05) is 18.9 Å². The van der Waals surface area contributed by atoms with Crippen molar-refractivity contribution in [3.05, 3.63) is 24.0 Å². The number of aliphatic hydroxyl groups is 1. The smallest absolute Gasteiger partial charge is 0.156 e. The zero-order valence-corrected chi connectivity index (χ0v) is 12.4. The minimum absolute atomic E-state index is 0.118. The first-order valence-corrected chi connectivity index (χ1v) is 7.88. The largest absolute Gasteiger partial charge is 0.388 e. The van der Waals surface area contributed by atoms with Crippen LogP contribution in [0.1, 0.15) is 45.8 Å². The molecular weight excluding hydrogens is 250 g/mol. The number of aryl methyl sites for hydroxylation is 1. The minimum Gasteiger partial charge on any atom is -0.388 e. The highest BCUT2D eigenvalue weighted by Gasteiger charge is 2.28. The predicted molar refractivity (Wildman–Crippen MR) is 73.2 cm³/mol. The van der Waals surface area contributed by atoms with Crippen molar-refractivity contribution < 1.29 is 13.5 Å². The van der Waals surface area contributed by atoms with Crippen LogP contribution in [0.2, 0.25) is 0 Å². The molecule has 1 aromatic rings. The molecule has 5 heteroatoms. The van der Waals surface area contributed by atoms with Crippen molar-refractivity contribution in [2.24, 2.45) is 0 Å². The van der Waals surface area contributed by atoms with Crippen molar-refractivity contribution in [2.75, 3.05) is 5.75 Å². The molecule has 0 aliphatic carbocycles. The van der Waals surface area contributed by atoms with Crippen LogP contribution >= 0.6 is 0 Å². The van der Waals surface area contributed by atoms with Gasteiger partial charge in [-0.25, -0.2) is 8.42 Å². The van der Waals surface area contributed by atoms with Crippen molar-refractivity contribution in [3.63, 3.8) is 0 Å². The second-order valence-electron chi connectivity index (χ2n) is 5.54. The molecule has 0 aliphatic rings. The van der Waals surface area contributed by atoms with Crippen LogP contribution in [-0.4, -0.2) is 28.6 Å². The molecule has 0 amide bonds. The van der Waals surface area contributed by atoms with Crippen molar-refractivity contribution in [1.82, 2.24) is 4.57 Å². The van der Waals surface area contributed by atoms with Crippen LogP contribution in [0.4, 0.5) is 0 Å². The average molecular weight is 273 g/mol. The number of hydrogen-bond acceptors (Lipinski definition) is 3. The Kier molecular flexibility index (Phi) is 4.61. The molecule has 18 heavy (non-hydrogen) atoms. The van der Waals surface area contributed by atoms with E-state index in [4.69, 9.17) is 0 Å². The molecule has 0 bridgehead atoms. The van der Waals surface area contributed by atoms with Gasteiger partial charge in [0.05, 0.1) is 16.6 Å². The molecule has 0 saturated heterocycles. The van der Waals surface area contributed by atoms with Gasteiger partial charge >= 0.3 is 0 Å². The molecule has 1 rings (SSSR count). The fourth-order valence-corrected chi connectivity index (χ4v) is 2.63. The SMILES string of the molecule is CCC(O)c1ccn(CCS(=O)(=O)C(C)(C)C)c1. The summed E-state index contributed by atoms with van der Waals surface area (Å²) in [5, 5.41) is 9.67. The van der Waals surface area contributed by atoms with E-state index in [2.05, 4.69) is 0 Å². The third kappa shape index (κ3) is 3.59. The lowest BCUT2D eigenvalue weighted by Crippen LogP contribution is -2.31. The highest BCUT2D eigenvalue weighted by atomic mass is 32.2. The van der Waals surface area contributed by atoms with E-state index in [1.807, 2.05) is 30.0 Å². The van der Waals surface area contributed by atoms with Crippen LogP contribution in [0.25, 0.3) is 0 Å². The molecule has 0 saturated carbocycles. The van der Waals surface area contributed by atoms with E-state index in [-0.39, 0.29) is 5.75 Å². The van der Waals surface area contributed by atoms with Crippen molar-refractivity contribution >= 4 is 9.84 Å². The monoisotopic (exact) mass is 273 g/mol. The van der Waals surface area contributed by atoms with Gasteiger partial charge in [-0.05, 0) is 38.8 Å². The Labute approximate surface area is 110 Å². The van der Waals surface area contributed by atoms with E-state index in [9.17, 15) is 13.5 Å². The maximum absolute atomic E-state index is 12.0. The summed E-state index contributed by atoms with van der Waals surface area (Å²) in [5.74, 6) is 0.118. The summed E-state index contributed by atoms with van der Waals surface area (Å²) in [7, 11) is -3.10. The quantitative estimate of drug-likeness (QED) is 0.894. The molecule has 104 valence electrons. The maximum Gasteiger partial charge on any atom is 0.156 e. The van der Waals surface area contributed by atoms with Gasteiger partial charge in [-0.3, -0.25) is 0 Å². The molecular formula is C13H23NO3S. The van der Waals surface area contributed by atoms with Crippen LogP contribution in [0.15, 0.2) is 18.5 Å². The Morgan fingerprint density at radius 2 is 2.00 bits per heavy atom. The third-order valence-electron chi connectivity index (χ3n) is 3.10. The number of aliphatic hydroxyl groups excluding tert-OH is 1. The Balaban J connectivity index is 2.68. The van der Waals surface area contributed by atoms with Crippen LogP contribution in [-0.2, 0) is 16.4 Å². The number of nitrogens with zero attached hydrogens (tertiary/aromatic N) is 1. The van der Waals surface area contributed by atoms with Crippen LogP contribution in [0.3, 0.4) is 0 Å². The van der Waals surface area contributed by atoms with Crippen LogP contribution < -0.4 is 0 Å². The van der Waals surface area contributed by atoms with Crippen molar-refractivity contribution in [3.8, 4) is 0 Å². The lowest BCUT2D eigenvalue weighted by molar-refractivity contribution is 0.173. The van der Waals surface area contributed by atoms with E-state index in [0.717, 1.165) is 5.56 Å². The van der Waals surface area contributed by atoms with E-state index >= 15 is 0 Å². The third-order valence-corrected chi connectivity index (χ3v) is 5.68. The first kappa shape index (κ1) is 15.2. The summed E-state index contributed by atoms with van der Waals surface area (Å²) >= 11 is 0. The summed E-state index contributed by atoms with van der Waals surface area (Å²) in [6, 6.07) is 1.83. The summed E-state index contributed by atoms with van der Waals surface area (Å²) in [5.41, 5.74) is 0.839. The topological polar surface area (TPSA) is 59.3 Å². The molecule has 1 aromatic heterocycles. The standard InChI is InChI=1S/C13H23NO3S/c1-5-12(15)11-6-7-14(10-11)8-9-18(16,17)13(2,3)4/h6-7,10,12,15H,5,8-9H2,1-4H3. The zero-order chi connectivity index (χ0) is 14.0. The lowest BCUT2D eigenvalue weighted by Gasteiger charge is -2.19. The molecule has 1 N–H and O–H groups in total. The second kappa shape index (κ2) is 5.45. The molecule has 0 aromatic carbocycles. The molecule has 4 nitrogen and oxygen atoms in total. The summed E-state index contributed by atoms with van der Waals surface area (Å²) in [4.78, 5) is 0. The highest BCUT2D eigenvalue weighted by Crippen LogP contribution is 2.18. The van der Waals surface area contributed by atoms with E-state index in [1.165, 1.54) is 0 Å². The van der Waals surface area contributed by atoms with Gasteiger partial charge in [0.1, 0.15) is 0 Å². The number of hydrogen-bond donors (Lipinski definition) is 1. The highest BCUT2D eigenvalue weighted by molar-refractivity contribution is 7.92. The number of aromatic nitrogens is 1. The number of rotatable bonds is 5. The Morgan fingerprint density at radius 3 is 2.50 bits per heavy atom. The molecule has 0 aliphatic heterocycles. The fourth-order valence-electron chi connectivity index (χ4n) is 1.56. The minimum atomic E-state index is -3.10. The predicted octanol–water partition coefficient (Wildman–Crippen LogP) is 2.14. The van der Waals surface area contributed by atoms with E-state index in [1.54, 1.807) is 20.8 Å². The van der Waals surface area contributed by atoms with E-state index < -0.39 is 20.7 Å². The van der Waals surface area contributed by atoms with Gasteiger partial charge in [-0.15, -0.1) is 0 Å². The first-order chi connectivity index (χ1) is 8.17. The van der Waals surface area contributed by atoms with Gasteiger partial charge in [0.2, 0.25) is 0 Å². The lowest BCUT2D eigenvalue weighted by atomic mass is 10.1. The molecule has 0 radical (unpaired) electrons. The van der Waals surface area contributed by atoms with E-state index in [0.29, 0.717) is 13.0 Å². The average Bonchev–Trinajstić information content (AvgIpc) is 2.72. The Hall–Kier alpha value is -0.810. The second-order valence-corrected chi connectivity index (χ2v) is 8.40. The van der Waals surface area contributed by atoms with Crippen molar-refractivity contribution in [2.45, 2.75) is 51.5 Å². The van der Waals surface area contributed by atoms with Gasteiger partial charge in [-0.2, -0.15) is 0 Å². The van der Waals surface area contributed by atoms with Crippen LogP contribution in [0, 0.1) is 0 Å². The summed E-state index contributed by atoms with van der Waals surface area (Å²) in [6.45, 7) is 7.47. The molecule has 0 spiro atoms. The van der Waals surface area contributed by atoms with Gasteiger partial charge in [0.25, 0.3) is 0 Å². The summed E-state index contributed by atoms with van der Waals surface area (Å²) < 4.78 is 25.0. The van der Waals surface area contributed by atoms with Gasteiger partial charge in [0.15, 0.2) is 9.84 Å². The van der Waals surface area contributed by atoms with Crippen LogP contribution in [0.5, 0.6) is 0 Å². The zero-order valence-electron chi connectivity index (χ0n) is 11.5. The maximum atomic E-state index is 12.0. The summed E-state index contributed by atoms with van der Waals surface area (Å²) in [6.07, 6.45) is 3.81. The number of sulfone groups is 1. The normalized spacial score (nSPS) is 14.7. The van der Waals surface area contributed by atoms with Gasteiger partial charge in [-0.1, -0.05) is 6.92 Å². The molecule has 0 fully saturated rings. The Bertz CT molecular complexity index is 483. The first-order valence-electron chi connectivity index (χ1n) is 6.23.